The van der Waals surface area contributed by atoms with Crippen molar-refractivity contribution in [2.45, 2.75) is 23.5 Å². The van der Waals surface area contributed by atoms with E-state index in [9.17, 15) is 18.3 Å². The van der Waals surface area contributed by atoms with Gasteiger partial charge in [0.2, 0.25) is 15.9 Å². The number of pyridine rings is 1. The minimum absolute atomic E-state index is 0.0682. The van der Waals surface area contributed by atoms with Crippen molar-refractivity contribution < 1.29 is 18.3 Å². The van der Waals surface area contributed by atoms with Crippen molar-refractivity contribution in [2.24, 2.45) is 0 Å². The number of phenolic OH excluding ortho intramolecular Hbond substituents is 1. The molecule has 0 radical (unpaired) electrons. The van der Waals surface area contributed by atoms with Gasteiger partial charge in [-0.2, -0.15) is 4.31 Å². The highest BCUT2D eigenvalue weighted by Gasteiger charge is 2.27. The summed E-state index contributed by atoms with van der Waals surface area (Å²) in [5.74, 6) is 0.267. The summed E-state index contributed by atoms with van der Waals surface area (Å²) in [7, 11) is -3.61. The molecule has 1 fully saturated rings. The normalized spacial score (nSPS) is 15.0. The third kappa shape index (κ3) is 5.00. The molecule has 0 atom stereocenters. The number of rotatable bonds is 7. The zero-order chi connectivity index (χ0) is 19.3. The minimum Gasteiger partial charge on any atom is -0.506 e. The molecule has 1 aromatic heterocycles. The molecule has 1 aromatic carbocycles. The van der Waals surface area contributed by atoms with Gasteiger partial charge in [0.1, 0.15) is 5.75 Å². The molecule has 0 aliphatic carbocycles. The summed E-state index contributed by atoms with van der Waals surface area (Å²) >= 11 is 1.39. The van der Waals surface area contributed by atoms with Crippen LogP contribution in [0.15, 0.2) is 47.5 Å². The molecule has 3 rings (SSSR count). The first-order valence-corrected chi connectivity index (χ1v) is 11.2. The lowest BCUT2D eigenvalue weighted by atomic mass is 10.3. The molecule has 0 unspecified atom stereocenters. The van der Waals surface area contributed by atoms with Crippen LogP contribution in [0.25, 0.3) is 0 Å². The molecule has 2 heterocycles. The van der Waals surface area contributed by atoms with E-state index in [-0.39, 0.29) is 28.0 Å². The average Bonchev–Trinajstić information content (AvgIpc) is 3.20. The predicted octanol–water partition coefficient (Wildman–Crippen LogP) is 2.44. The van der Waals surface area contributed by atoms with Crippen molar-refractivity contribution in [3.8, 4) is 5.75 Å². The van der Waals surface area contributed by atoms with Crippen LogP contribution in [-0.4, -0.2) is 47.6 Å². The van der Waals surface area contributed by atoms with Crippen LogP contribution in [0.3, 0.4) is 0 Å². The Morgan fingerprint density at radius 1 is 1.22 bits per heavy atom. The molecule has 27 heavy (non-hydrogen) atoms. The van der Waals surface area contributed by atoms with Crippen molar-refractivity contribution in [3.05, 3.63) is 48.3 Å². The Balaban J connectivity index is 1.63. The maximum atomic E-state index is 12.6. The Labute approximate surface area is 162 Å². The van der Waals surface area contributed by atoms with E-state index in [1.807, 2.05) is 18.2 Å². The lowest BCUT2D eigenvalue weighted by Gasteiger charge is -2.16. The molecule has 0 saturated carbocycles. The number of amides is 1. The molecule has 2 N–H and O–H groups in total. The summed E-state index contributed by atoms with van der Waals surface area (Å²) in [5.41, 5.74) is 0.968. The van der Waals surface area contributed by atoms with Crippen LogP contribution in [-0.2, 0) is 20.6 Å². The van der Waals surface area contributed by atoms with E-state index in [0.717, 1.165) is 18.5 Å². The molecule has 2 aromatic rings. The Morgan fingerprint density at radius 2 is 2.00 bits per heavy atom. The van der Waals surface area contributed by atoms with Gasteiger partial charge < -0.3 is 10.4 Å². The van der Waals surface area contributed by atoms with Crippen LogP contribution in [0.2, 0.25) is 0 Å². The van der Waals surface area contributed by atoms with Gasteiger partial charge in [0, 0.05) is 25.0 Å². The molecule has 1 saturated heterocycles. The summed E-state index contributed by atoms with van der Waals surface area (Å²) < 4.78 is 26.7. The number of carbonyl (C=O) groups is 1. The largest absolute Gasteiger partial charge is 0.506 e. The van der Waals surface area contributed by atoms with Gasteiger partial charge >= 0.3 is 0 Å². The van der Waals surface area contributed by atoms with Crippen LogP contribution in [0.5, 0.6) is 5.75 Å². The molecule has 1 aliphatic rings. The fourth-order valence-corrected chi connectivity index (χ4v) is 5.05. The Kier molecular flexibility index (Phi) is 6.35. The van der Waals surface area contributed by atoms with Crippen LogP contribution in [0.4, 0.5) is 5.69 Å². The van der Waals surface area contributed by atoms with Crippen molar-refractivity contribution in [1.82, 2.24) is 9.29 Å². The zero-order valence-corrected chi connectivity index (χ0v) is 16.3. The van der Waals surface area contributed by atoms with E-state index in [1.165, 1.54) is 34.3 Å². The first-order chi connectivity index (χ1) is 13.0. The van der Waals surface area contributed by atoms with E-state index >= 15 is 0 Å². The third-order valence-electron chi connectivity index (χ3n) is 4.15. The molecule has 7 nitrogen and oxygen atoms in total. The van der Waals surface area contributed by atoms with E-state index in [4.69, 9.17) is 0 Å². The van der Waals surface area contributed by atoms with Gasteiger partial charge in [-0.05, 0) is 43.2 Å². The number of benzene rings is 1. The standard InChI is InChI=1S/C18H21N3O4S2/c22-17-7-6-15(27(24,25)21-9-3-4-10-21)11-16(17)20-18(23)13-26-12-14-5-1-2-8-19-14/h1-2,5-8,11,22H,3-4,9-10,12-13H2,(H,20,23). The number of hydrogen-bond acceptors (Lipinski definition) is 6. The lowest BCUT2D eigenvalue weighted by Crippen LogP contribution is -2.28. The van der Waals surface area contributed by atoms with E-state index in [1.54, 1.807) is 6.20 Å². The fourth-order valence-electron chi connectivity index (χ4n) is 2.77. The third-order valence-corrected chi connectivity index (χ3v) is 7.02. The van der Waals surface area contributed by atoms with E-state index in [0.29, 0.717) is 18.8 Å². The quantitative estimate of drug-likeness (QED) is 0.684. The number of anilines is 1. The lowest BCUT2D eigenvalue weighted by molar-refractivity contribution is -0.113. The molecular weight excluding hydrogens is 386 g/mol. The molecule has 9 heteroatoms. The second-order valence-corrected chi connectivity index (χ2v) is 9.08. The number of phenols is 1. The van der Waals surface area contributed by atoms with E-state index < -0.39 is 10.0 Å². The van der Waals surface area contributed by atoms with Crippen LogP contribution in [0.1, 0.15) is 18.5 Å². The van der Waals surface area contributed by atoms with Gasteiger partial charge in [0.15, 0.2) is 0 Å². The Morgan fingerprint density at radius 3 is 2.70 bits per heavy atom. The molecule has 0 bridgehead atoms. The number of sulfonamides is 1. The number of aromatic hydroxyl groups is 1. The van der Waals surface area contributed by atoms with Crippen molar-refractivity contribution in [2.75, 3.05) is 24.2 Å². The van der Waals surface area contributed by atoms with Crippen LogP contribution < -0.4 is 5.32 Å². The molecule has 0 spiro atoms. The summed E-state index contributed by atoms with van der Waals surface area (Å²) in [5, 5.41) is 12.6. The Bertz CT molecular complexity index is 898. The SMILES string of the molecule is O=C(CSCc1ccccn1)Nc1cc(S(=O)(=O)N2CCCC2)ccc1O. The highest BCUT2D eigenvalue weighted by atomic mass is 32.2. The van der Waals surface area contributed by atoms with Crippen molar-refractivity contribution in [1.29, 1.82) is 0 Å². The van der Waals surface area contributed by atoms with Gasteiger partial charge in [0.05, 0.1) is 22.0 Å². The number of carbonyl (C=O) groups excluding carboxylic acids is 1. The van der Waals surface area contributed by atoms with Gasteiger partial charge in [-0.3, -0.25) is 9.78 Å². The summed E-state index contributed by atoms with van der Waals surface area (Å²) in [6, 6.07) is 9.54. The van der Waals surface area contributed by atoms with Crippen LogP contribution >= 0.6 is 11.8 Å². The van der Waals surface area contributed by atoms with Gasteiger partial charge in [-0.15, -0.1) is 11.8 Å². The second-order valence-electron chi connectivity index (χ2n) is 6.15. The Hall–Kier alpha value is -2.10. The van der Waals surface area contributed by atoms with Gasteiger partial charge in [0.25, 0.3) is 0 Å². The number of thioether (sulfide) groups is 1. The highest BCUT2D eigenvalue weighted by Crippen LogP contribution is 2.29. The van der Waals surface area contributed by atoms with Gasteiger partial charge in [-0.25, -0.2) is 8.42 Å². The minimum atomic E-state index is -3.61. The number of aromatic nitrogens is 1. The maximum absolute atomic E-state index is 12.6. The molecule has 1 amide bonds. The van der Waals surface area contributed by atoms with Crippen molar-refractivity contribution >= 4 is 33.4 Å². The van der Waals surface area contributed by atoms with Crippen molar-refractivity contribution in [3.63, 3.8) is 0 Å². The average molecular weight is 408 g/mol. The fraction of sp³-hybridized carbons (Fsp3) is 0.333. The topological polar surface area (TPSA) is 99.6 Å². The zero-order valence-electron chi connectivity index (χ0n) is 14.7. The molecule has 1 aliphatic heterocycles. The first-order valence-electron chi connectivity index (χ1n) is 8.57. The monoisotopic (exact) mass is 407 g/mol. The number of hydrogen-bond donors (Lipinski definition) is 2. The van der Waals surface area contributed by atoms with Crippen LogP contribution in [0, 0.1) is 0 Å². The predicted molar refractivity (Wildman–Crippen MR) is 105 cm³/mol. The van der Waals surface area contributed by atoms with Gasteiger partial charge in [-0.1, -0.05) is 6.07 Å². The summed E-state index contributed by atoms with van der Waals surface area (Å²) in [4.78, 5) is 16.4. The maximum Gasteiger partial charge on any atom is 0.243 e. The second kappa shape index (κ2) is 8.73. The molecular formula is C18H21N3O4S2. The molecule has 144 valence electrons. The summed E-state index contributed by atoms with van der Waals surface area (Å²) in [6.07, 6.45) is 3.38. The first kappa shape index (κ1) is 19.7. The van der Waals surface area contributed by atoms with E-state index in [2.05, 4.69) is 10.3 Å². The smallest absolute Gasteiger partial charge is 0.243 e. The number of nitrogens with one attached hydrogen (secondary N) is 1. The highest BCUT2D eigenvalue weighted by molar-refractivity contribution is 7.99. The summed E-state index contributed by atoms with van der Waals surface area (Å²) in [6.45, 7) is 0.990. The number of nitrogens with zero attached hydrogens (tertiary/aromatic N) is 2.